The summed E-state index contributed by atoms with van der Waals surface area (Å²) in [6, 6.07) is 15.1. The first-order valence-corrected chi connectivity index (χ1v) is 8.44. The molecule has 3 nitrogen and oxygen atoms in total. The van der Waals surface area contributed by atoms with Gasteiger partial charge in [-0.2, -0.15) is 5.10 Å². The van der Waals surface area contributed by atoms with Gasteiger partial charge in [-0.25, -0.2) is 0 Å². The summed E-state index contributed by atoms with van der Waals surface area (Å²) in [5, 5.41) is 9.09. The summed E-state index contributed by atoms with van der Waals surface area (Å²) in [7, 11) is 0. The van der Waals surface area contributed by atoms with E-state index in [0.717, 1.165) is 29.9 Å². The van der Waals surface area contributed by atoms with Crippen LogP contribution in [0.25, 0.3) is 22.2 Å². The molecule has 1 unspecified atom stereocenters. The zero-order valence-electron chi connectivity index (χ0n) is 14.4. The first-order valence-electron chi connectivity index (χ1n) is 8.44. The maximum absolute atomic E-state index is 4.62. The average molecular weight is 307 g/mol. The molecule has 1 heterocycles. The van der Waals surface area contributed by atoms with Gasteiger partial charge in [0.05, 0.1) is 5.52 Å². The van der Waals surface area contributed by atoms with E-state index < -0.39 is 0 Å². The van der Waals surface area contributed by atoms with Gasteiger partial charge in [0.1, 0.15) is 5.69 Å². The highest BCUT2D eigenvalue weighted by Crippen LogP contribution is 2.36. The summed E-state index contributed by atoms with van der Waals surface area (Å²) in [4.78, 5) is 2.49. The topological polar surface area (TPSA) is 31.9 Å². The average Bonchev–Trinajstić information content (AvgIpc) is 3.00. The number of hydrogen-bond acceptors (Lipinski definition) is 2. The van der Waals surface area contributed by atoms with Gasteiger partial charge < -0.3 is 0 Å². The van der Waals surface area contributed by atoms with Crippen LogP contribution in [-0.2, 0) is 0 Å². The molecule has 0 aliphatic carbocycles. The first-order chi connectivity index (χ1) is 11.2. The second kappa shape index (κ2) is 6.55. The Balaban J connectivity index is 2.24. The van der Waals surface area contributed by atoms with E-state index in [1.165, 1.54) is 16.5 Å². The fourth-order valence-electron chi connectivity index (χ4n) is 3.54. The van der Waals surface area contributed by atoms with Crippen LogP contribution in [-0.4, -0.2) is 28.2 Å². The molecule has 0 bridgehead atoms. The maximum Gasteiger partial charge on any atom is 0.100 e. The summed E-state index contributed by atoms with van der Waals surface area (Å²) in [5.74, 6) is 0. The summed E-state index contributed by atoms with van der Waals surface area (Å²) in [6.45, 7) is 11.1. The molecule has 0 saturated heterocycles. The van der Waals surface area contributed by atoms with Crippen LogP contribution in [0.1, 0.15) is 37.9 Å². The normalized spacial score (nSPS) is 12.9. The van der Waals surface area contributed by atoms with Crippen molar-refractivity contribution in [3.05, 3.63) is 53.6 Å². The number of aryl methyl sites for hydroxylation is 1. The molecule has 0 saturated carbocycles. The molecule has 0 aliphatic rings. The maximum atomic E-state index is 4.62. The van der Waals surface area contributed by atoms with Crippen molar-refractivity contribution >= 4 is 10.9 Å². The third kappa shape index (κ3) is 2.77. The van der Waals surface area contributed by atoms with Crippen molar-refractivity contribution < 1.29 is 0 Å². The van der Waals surface area contributed by atoms with E-state index in [2.05, 4.69) is 79.2 Å². The minimum absolute atomic E-state index is 0.369. The van der Waals surface area contributed by atoms with Crippen molar-refractivity contribution in [2.45, 2.75) is 33.7 Å². The molecule has 0 aliphatic heterocycles. The highest BCUT2D eigenvalue weighted by Gasteiger charge is 2.21. The van der Waals surface area contributed by atoms with Crippen LogP contribution in [0.4, 0.5) is 0 Å². The van der Waals surface area contributed by atoms with Crippen LogP contribution >= 0.6 is 0 Å². The number of nitrogens with one attached hydrogen (secondary N) is 1. The van der Waals surface area contributed by atoms with Gasteiger partial charge in [0.25, 0.3) is 0 Å². The SMILES string of the molecule is CCN(CC)C(C)c1c(C)ccc2[nH]nc(-c3ccccc3)c12. The summed E-state index contributed by atoms with van der Waals surface area (Å²) >= 11 is 0. The number of fused-ring (bicyclic) bond motifs is 1. The van der Waals surface area contributed by atoms with Crippen LogP contribution in [0.5, 0.6) is 0 Å². The van der Waals surface area contributed by atoms with Gasteiger partial charge in [-0.15, -0.1) is 0 Å². The zero-order chi connectivity index (χ0) is 16.4. The van der Waals surface area contributed by atoms with E-state index in [1.807, 2.05) is 6.07 Å². The van der Waals surface area contributed by atoms with Crippen molar-refractivity contribution in [3.63, 3.8) is 0 Å². The number of hydrogen-bond donors (Lipinski definition) is 1. The Morgan fingerprint density at radius 3 is 2.39 bits per heavy atom. The van der Waals surface area contributed by atoms with Crippen LogP contribution < -0.4 is 0 Å². The monoisotopic (exact) mass is 307 g/mol. The number of nitrogens with zero attached hydrogens (tertiary/aromatic N) is 2. The predicted octanol–water partition coefficient (Wildman–Crippen LogP) is 4.94. The molecular weight excluding hydrogens is 282 g/mol. The highest BCUT2D eigenvalue weighted by molar-refractivity contribution is 5.96. The zero-order valence-corrected chi connectivity index (χ0v) is 14.4. The number of H-pyrrole nitrogens is 1. The van der Waals surface area contributed by atoms with Gasteiger partial charge in [-0.05, 0) is 44.1 Å². The van der Waals surface area contributed by atoms with Crippen LogP contribution in [0, 0.1) is 6.92 Å². The highest BCUT2D eigenvalue weighted by atomic mass is 15.1. The molecule has 1 N–H and O–H groups in total. The molecule has 0 fully saturated rings. The van der Waals surface area contributed by atoms with Gasteiger partial charge in [-0.3, -0.25) is 10.00 Å². The largest absolute Gasteiger partial charge is 0.297 e. The Morgan fingerprint density at radius 1 is 1.04 bits per heavy atom. The van der Waals surface area contributed by atoms with E-state index in [-0.39, 0.29) is 0 Å². The van der Waals surface area contributed by atoms with Gasteiger partial charge >= 0.3 is 0 Å². The first kappa shape index (κ1) is 15.8. The second-order valence-corrected chi connectivity index (χ2v) is 6.05. The van der Waals surface area contributed by atoms with Gasteiger partial charge in [0, 0.05) is 17.0 Å². The third-order valence-electron chi connectivity index (χ3n) is 4.81. The molecule has 3 rings (SSSR count). The van der Waals surface area contributed by atoms with Crippen molar-refractivity contribution in [1.82, 2.24) is 15.1 Å². The Kier molecular flexibility index (Phi) is 4.49. The molecule has 1 aromatic heterocycles. The van der Waals surface area contributed by atoms with Crippen LogP contribution in [0.3, 0.4) is 0 Å². The van der Waals surface area contributed by atoms with Crippen molar-refractivity contribution in [2.24, 2.45) is 0 Å². The molecule has 1 atom stereocenters. The third-order valence-corrected chi connectivity index (χ3v) is 4.81. The molecule has 3 heteroatoms. The molecule has 0 spiro atoms. The smallest absolute Gasteiger partial charge is 0.100 e. The van der Waals surface area contributed by atoms with E-state index >= 15 is 0 Å². The lowest BCUT2D eigenvalue weighted by atomic mass is 9.94. The quantitative estimate of drug-likeness (QED) is 0.724. The Labute approximate surface area is 138 Å². The Morgan fingerprint density at radius 2 is 1.74 bits per heavy atom. The fourth-order valence-corrected chi connectivity index (χ4v) is 3.54. The van der Waals surface area contributed by atoms with E-state index in [9.17, 15) is 0 Å². The lowest BCUT2D eigenvalue weighted by Gasteiger charge is -2.28. The van der Waals surface area contributed by atoms with E-state index in [1.54, 1.807) is 0 Å². The molecule has 23 heavy (non-hydrogen) atoms. The standard InChI is InChI=1S/C20H25N3/c1-5-23(6-2)15(4)18-14(3)12-13-17-19(18)20(22-21-17)16-10-8-7-9-11-16/h7-13,15H,5-6H2,1-4H3,(H,21,22). The van der Waals surface area contributed by atoms with Gasteiger partial charge in [0.2, 0.25) is 0 Å². The molecular formula is C20H25N3. The molecule has 0 amide bonds. The Hall–Kier alpha value is -2.13. The molecule has 2 aromatic carbocycles. The van der Waals surface area contributed by atoms with E-state index in [4.69, 9.17) is 0 Å². The van der Waals surface area contributed by atoms with Crippen molar-refractivity contribution in [1.29, 1.82) is 0 Å². The molecule has 120 valence electrons. The summed E-state index contributed by atoms with van der Waals surface area (Å²) < 4.78 is 0. The van der Waals surface area contributed by atoms with Gasteiger partial charge in [-0.1, -0.05) is 50.2 Å². The minimum atomic E-state index is 0.369. The van der Waals surface area contributed by atoms with Crippen LogP contribution in [0.2, 0.25) is 0 Å². The predicted molar refractivity (Wildman–Crippen MR) is 97.6 cm³/mol. The lowest BCUT2D eigenvalue weighted by molar-refractivity contribution is 0.235. The summed E-state index contributed by atoms with van der Waals surface area (Å²) in [6.07, 6.45) is 0. The fraction of sp³-hybridized carbons (Fsp3) is 0.350. The second-order valence-electron chi connectivity index (χ2n) is 6.05. The van der Waals surface area contributed by atoms with E-state index in [0.29, 0.717) is 6.04 Å². The van der Waals surface area contributed by atoms with Crippen molar-refractivity contribution in [2.75, 3.05) is 13.1 Å². The molecule has 0 radical (unpaired) electrons. The number of aromatic amines is 1. The number of aromatic nitrogens is 2. The minimum Gasteiger partial charge on any atom is -0.297 e. The van der Waals surface area contributed by atoms with Crippen LogP contribution in [0.15, 0.2) is 42.5 Å². The number of rotatable bonds is 5. The Bertz CT molecular complexity index is 785. The summed E-state index contributed by atoms with van der Waals surface area (Å²) in [5.41, 5.74) is 6.05. The number of benzene rings is 2. The lowest BCUT2D eigenvalue weighted by Crippen LogP contribution is -2.27. The van der Waals surface area contributed by atoms with Crippen molar-refractivity contribution in [3.8, 4) is 11.3 Å². The molecule has 3 aromatic rings. The van der Waals surface area contributed by atoms with Gasteiger partial charge in [0.15, 0.2) is 0 Å².